The first-order chi connectivity index (χ1) is 9.81. The number of hydrogen-bond acceptors (Lipinski definition) is 3. The van der Waals surface area contributed by atoms with Gasteiger partial charge in [-0.1, -0.05) is 46.0 Å². The van der Waals surface area contributed by atoms with Crippen molar-refractivity contribution in [3.63, 3.8) is 0 Å². The third-order valence-electron chi connectivity index (χ3n) is 3.49. The largest absolute Gasteiger partial charge is 0.492 e. The highest BCUT2D eigenvalue weighted by molar-refractivity contribution is 5.26. The van der Waals surface area contributed by atoms with Crippen molar-refractivity contribution in [3.8, 4) is 5.75 Å². The van der Waals surface area contributed by atoms with Crippen LogP contribution in [0, 0.1) is 0 Å². The molecule has 3 heteroatoms. The number of unbranched alkanes of at least 4 members (excludes halogenated alkanes) is 4. The van der Waals surface area contributed by atoms with Crippen molar-refractivity contribution in [3.05, 3.63) is 24.0 Å². The van der Waals surface area contributed by atoms with Crippen molar-refractivity contribution in [2.75, 3.05) is 13.2 Å². The lowest BCUT2D eigenvalue weighted by Crippen LogP contribution is -2.21. The molecule has 0 radical (unpaired) electrons. The Morgan fingerprint density at radius 2 is 1.90 bits per heavy atom. The van der Waals surface area contributed by atoms with Crippen LogP contribution in [0.25, 0.3) is 0 Å². The SMILES string of the molecule is CCCCCCCC(NCC)c1cncc(OCC)c1. The second-order valence-corrected chi connectivity index (χ2v) is 5.20. The van der Waals surface area contributed by atoms with Crippen LogP contribution in [-0.4, -0.2) is 18.1 Å². The molecule has 1 heterocycles. The van der Waals surface area contributed by atoms with Crippen LogP contribution in [0.15, 0.2) is 18.5 Å². The van der Waals surface area contributed by atoms with Crippen molar-refractivity contribution < 1.29 is 4.74 Å². The molecule has 1 aromatic heterocycles. The zero-order valence-corrected chi connectivity index (χ0v) is 13.3. The maximum absolute atomic E-state index is 5.54. The van der Waals surface area contributed by atoms with Gasteiger partial charge in [-0.25, -0.2) is 0 Å². The van der Waals surface area contributed by atoms with Crippen molar-refractivity contribution in [2.45, 2.75) is 65.3 Å². The molecule has 20 heavy (non-hydrogen) atoms. The first-order valence-corrected chi connectivity index (χ1v) is 8.12. The van der Waals surface area contributed by atoms with E-state index in [0.717, 1.165) is 12.3 Å². The molecule has 3 nitrogen and oxygen atoms in total. The molecule has 114 valence electrons. The lowest BCUT2D eigenvalue weighted by molar-refractivity contribution is 0.337. The molecule has 0 aliphatic carbocycles. The molecule has 0 amide bonds. The van der Waals surface area contributed by atoms with Crippen LogP contribution in [-0.2, 0) is 0 Å². The van der Waals surface area contributed by atoms with Crippen LogP contribution in [0.1, 0.15) is 70.9 Å². The lowest BCUT2D eigenvalue weighted by Gasteiger charge is -2.18. The van der Waals surface area contributed by atoms with Gasteiger partial charge in [-0.05, 0) is 31.5 Å². The Morgan fingerprint density at radius 3 is 2.60 bits per heavy atom. The lowest BCUT2D eigenvalue weighted by atomic mass is 10.0. The molecule has 0 aliphatic heterocycles. The van der Waals surface area contributed by atoms with Crippen molar-refractivity contribution in [1.82, 2.24) is 10.3 Å². The monoisotopic (exact) mass is 278 g/mol. The molecular weight excluding hydrogens is 248 g/mol. The first-order valence-electron chi connectivity index (χ1n) is 8.12. The van der Waals surface area contributed by atoms with Gasteiger partial charge >= 0.3 is 0 Å². The van der Waals surface area contributed by atoms with Crippen molar-refractivity contribution in [1.29, 1.82) is 0 Å². The van der Waals surface area contributed by atoms with E-state index in [0.29, 0.717) is 12.6 Å². The average Bonchev–Trinajstić information content (AvgIpc) is 2.46. The molecule has 0 saturated carbocycles. The number of aromatic nitrogens is 1. The van der Waals surface area contributed by atoms with Crippen molar-refractivity contribution in [2.24, 2.45) is 0 Å². The Bertz CT molecular complexity index is 355. The van der Waals surface area contributed by atoms with Crippen molar-refractivity contribution >= 4 is 0 Å². The van der Waals surface area contributed by atoms with Gasteiger partial charge in [0.1, 0.15) is 5.75 Å². The van der Waals surface area contributed by atoms with E-state index in [1.54, 1.807) is 6.20 Å². The predicted molar refractivity (Wildman–Crippen MR) is 85.2 cm³/mol. The Morgan fingerprint density at radius 1 is 1.10 bits per heavy atom. The van der Waals surface area contributed by atoms with Crippen LogP contribution < -0.4 is 10.1 Å². The predicted octanol–water partition coefficient (Wildman–Crippen LogP) is 4.49. The van der Waals surface area contributed by atoms with Gasteiger partial charge in [0.05, 0.1) is 12.8 Å². The minimum Gasteiger partial charge on any atom is -0.492 e. The molecule has 0 aromatic carbocycles. The summed E-state index contributed by atoms with van der Waals surface area (Å²) in [6.45, 7) is 8.09. The topological polar surface area (TPSA) is 34.2 Å². The third-order valence-corrected chi connectivity index (χ3v) is 3.49. The van der Waals surface area contributed by atoms with Gasteiger partial charge in [0.25, 0.3) is 0 Å². The molecule has 1 aromatic rings. The van der Waals surface area contributed by atoms with Crippen LogP contribution >= 0.6 is 0 Å². The van der Waals surface area contributed by atoms with Gasteiger partial charge in [-0.15, -0.1) is 0 Å². The summed E-state index contributed by atoms with van der Waals surface area (Å²) >= 11 is 0. The third kappa shape index (κ3) is 6.38. The van der Waals surface area contributed by atoms with E-state index in [1.807, 2.05) is 13.1 Å². The van der Waals surface area contributed by atoms with Gasteiger partial charge < -0.3 is 10.1 Å². The molecule has 1 rings (SSSR count). The maximum atomic E-state index is 5.54. The zero-order chi connectivity index (χ0) is 14.6. The number of hydrogen-bond donors (Lipinski definition) is 1. The average molecular weight is 278 g/mol. The van der Waals surface area contributed by atoms with E-state index < -0.39 is 0 Å². The zero-order valence-electron chi connectivity index (χ0n) is 13.3. The highest BCUT2D eigenvalue weighted by atomic mass is 16.5. The van der Waals surface area contributed by atoms with E-state index in [1.165, 1.54) is 44.1 Å². The summed E-state index contributed by atoms with van der Waals surface area (Å²) in [4.78, 5) is 4.30. The molecule has 0 fully saturated rings. The van der Waals surface area contributed by atoms with Gasteiger partial charge in [0, 0.05) is 12.2 Å². The van der Waals surface area contributed by atoms with Crippen LogP contribution in [0.5, 0.6) is 5.75 Å². The Balaban J connectivity index is 2.53. The quantitative estimate of drug-likeness (QED) is 0.605. The summed E-state index contributed by atoms with van der Waals surface area (Å²) in [5.74, 6) is 0.874. The van der Waals surface area contributed by atoms with Gasteiger partial charge in [0.2, 0.25) is 0 Å². The second kappa shape index (κ2) is 10.7. The molecule has 0 bridgehead atoms. The summed E-state index contributed by atoms with van der Waals surface area (Å²) in [6, 6.07) is 2.52. The summed E-state index contributed by atoms with van der Waals surface area (Å²) < 4.78 is 5.54. The first kappa shape index (κ1) is 17.0. The molecule has 1 N–H and O–H groups in total. The summed E-state index contributed by atoms with van der Waals surface area (Å²) in [6.07, 6.45) is 11.5. The fourth-order valence-electron chi connectivity index (χ4n) is 2.46. The number of nitrogens with zero attached hydrogens (tertiary/aromatic N) is 1. The molecule has 0 aliphatic rings. The van der Waals surface area contributed by atoms with E-state index in [4.69, 9.17) is 4.74 Å². The normalized spacial score (nSPS) is 12.3. The number of nitrogens with one attached hydrogen (secondary N) is 1. The summed E-state index contributed by atoms with van der Waals surface area (Å²) in [7, 11) is 0. The van der Waals surface area contributed by atoms with Crippen LogP contribution in [0.3, 0.4) is 0 Å². The van der Waals surface area contributed by atoms with Gasteiger partial charge in [-0.2, -0.15) is 0 Å². The smallest absolute Gasteiger partial charge is 0.137 e. The van der Waals surface area contributed by atoms with Gasteiger partial charge in [0.15, 0.2) is 0 Å². The second-order valence-electron chi connectivity index (χ2n) is 5.20. The highest BCUT2D eigenvalue weighted by Gasteiger charge is 2.11. The van der Waals surface area contributed by atoms with E-state index in [-0.39, 0.29) is 0 Å². The molecule has 1 atom stereocenters. The van der Waals surface area contributed by atoms with Crippen LogP contribution in [0.4, 0.5) is 0 Å². The summed E-state index contributed by atoms with van der Waals surface area (Å²) in [5, 5.41) is 3.56. The fourth-order valence-corrected chi connectivity index (χ4v) is 2.46. The van der Waals surface area contributed by atoms with Crippen LogP contribution in [0.2, 0.25) is 0 Å². The van der Waals surface area contributed by atoms with E-state index in [9.17, 15) is 0 Å². The number of rotatable bonds is 11. The minimum absolute atomic E-state index is 0.398. The van der Waals surface area contributed by atoms with E-state index >= 15 is 0 Å². The molecule has 0 saturated heterocycles. The molecule has 0 spiro atoms. The molecule has 1 unspecified atom stereocenters. The molecular formula is C17H30N2O. The minimum atomic E-state index is 0.398. The maximum Gasteiger partial charge on any atom is 0.137 e. The number of pyridine rings is 1. The Hall–Kier alpha value is -1.09. The summed E-state index contributed by atoms with van der Waals surface area (Å²) in [5.41, 5.74) is 1.24. The van der Waals surface area contributed by atoms with Gasteiger partial charge in [-0.3, -0.25) is 4.98 Å². The Labute approximate surface area is 124 Å². The number of ether oxygens (including phenoxy) is 1. The fraction of sp³-hybridized carbons (Fsp3) is 0.706. The highest BCUT2D eigenvalue weighted by Crippen LogP contribution is 2.23. The van der Waals surface area contributed by atoms with E-state index in [2.05, 4.69) is 30.2 Å². The standard InChI is InChI=1S/C17H30N2O/c1-4-7-8-9-10-11-17(19-5-2)15-12-16(20-6-3)14-18-13-15/h12-14,17,19H,4-11H2,1-3H3. The Kier molecular flexibility index (Phi) is 9.05.